The minimum atomic E-state index is -3.36. The van der Waals surface area contributed by atoms with Crippen LogP contribution in [0.3, 0.4) is 0 Å². The van der Waals surface area contributed by atoms with Crippen molar-refractivity contribution in [3.8, 4) is 0 Å². The number of hydrogen-bond donors (Lipinski definition) is 1. The zero-order valence-electron chi connectivity index (χ0n) is 13.3. The fraction of sp³-hybridized carbons (Fsp3) is 0.714. The van der Waals surface area contributed by atoms with Crippen molar-refractivity contribution in [2.24, 2.45) is 0 Å². The van der Waals surface area contributed by atoms with Crippen LogP contribution in [0.1, 0.15) is 25.1 Å². The SMILES string of the molecule is COCCCN(C)S(=O)(=O)c1ccc(CCNC(C)C)s1. The summed E-state index contributed by atoms with van der Waals surface area (Å²) >= 11 is 1.36. The minimum Gasteiger partial charge on any atom is -0.385 e. The third-order valence-corrected chi connectivity index (χ3v) is 6.52. The highest BCUT2D eigenvalue weighted by Crippen LogP contribution is 2.24. The fourth-order valence-corrected chi connectivity index (χ4v) is 4.60. The lowest BCUT2D eigenvalue weighted by atomic mass is 10.3. The second kappa shape index (κ2) is 8.85. The maximum atomic E-state index is 12.4. The lowest BCUT2D eigenvalue weighted by Crippen LogP contribution is -2.28. The number of nitrogens with one attached hydrogen (secondary N) is 1. The molecule has 0 saturated heterocycles. The molecule has 7 heteroatoms. The van der Waals surface area contributed by atoms with E-state index in [0.29, 0.717) is 29.8 Å². The standard InChI is InChI=1S/C14H26N2O3S2/c1-12(2)15-9-8-13-6-7-14(20-13)21(17,18)16(3)10-5-11-19-4/h6-7,12,15H,5,8-11H2,1-4H3. The average molecular weight is 335 g/mol. The van der Waals surface area contributed by atoms with Crippen LogP contribution in [0.2, 0.25) is 0 Å². The van der Waals surface area contributed by atoms with Gasteiger partial charge in [0.25, 0.3) is 10.0 Å². The van der Waals surface area contributed by atoms with Crippen LogP contribution in [0, 0.1) is 0 Å². The molecule has 0 aliphatic carbocycles. The Morgan fingerprint density at radius 2 is 2.10 bits per heavy atom. The second-order valence-electron chi connectivity index (χ2n) is 5.25. The zero-order chi connectivity index (χ0) is 15.9. The van der Waals surface area contributed by atoms with E-state index in [-0.39, 0.29) is 0 Å². The molecule has 0 atom stereocenters. The summed E-state index contributed by atoms with van der Waals surface area (Å²) in [5, 5.41) is 3.33. The van der Waals surface area contributed by atoms with Crippen molar-refractivity contribution in [2.45, 2.75) is 36.9 Å². The van der Waals surface area contributed by atoms with Gasteiger partial charge in [0.05, 0.1) is 0 Å². The van der Waals surface area contributed by atoms with Crippen molar-refractivity contribution < 1.29 is 13.2 Å². The lowest BCUT2D eigenvalue weighted by molar-refractivity contribution is 0.189. The molecular formula is C14H26N2O3S2. The molecule has 0 spiro atoms. The van der Waals surface area contributed by atoms with Crippen LogP contribution < -0.4 is 5.32 Å². The summed E-state index contributed by atoms with van der Waals surface area (Å²) in [7, 11) is -0.132. The number of hydrogen-bond acceptors (Lipinski definition) is 5. The summed E-state index contributed by atoms with van der Waals surface area (Å²) in [6.07, 6.45) is 1.55. The predicted octanol–water partition coefficient (Wildman–Crippen LogP) is 1.95. The molecule has 1 N–H and O–H groups in total. The Bertz CT molecular complexity index is 512. The number of rotatable bonds is 10. The van der Waals surface area contributed by atoms with Gasteiger partial charge in [-0.05, 0) is 25.0 Å². The lowest BCUT2D eigenvalue weighted by Gasteiger charge is -2.15. The fourth-order valence-electron chi connectivity index (χ4n) is 1.82. The second-order valence-corrected chi connectivity index (χ2v) is 8.69. The van der Waals surface area contributed by atoms with Gasteiger partial charge in [0.15, 0.2) is 0 Å². The summed E-state index contributed by atoms with van der Waals surface area (Å²) in [4.78, 5) is 1.09. The van der Waals surface area contributed by atoms with Crippen LogP contribution in [0.15, 0.2) is 16.3 Å². The number of sulfonamides is 1. The number of methoxy groups -OCH3 is 1. The first-order chi connectivity index (χ1) is 9.87. The van der Waals surface area contributed by atoms with Gasteiger partial charge in [-0.15, -0.1) is 11.3 Å². The molecule has 1 heterocycles. The molecule has 1 rings (SSSR count). The summed E-state index contributed by atoms with van der Waals surface area (Å²) in [6.45, 7) is 6.09. The Morgan fingerprint density at radius 3 is 2.71 bits per heavy atom. The molecule has 0 saturated carbocycles. The van der Waals surface area contributed by atoms with Crippen LogP contribution >= 0.6 is 11.3 Å². The van der Waals surface area contributed by atoms with Crippen molar-refractivity contribution in [1.29, 1.82) is 0 Å². The van der Waals surface area contributed by atoms with Gasteiger partial charge in [-0.3, -0.25) is 0 Å². The molecule has 0 radical (unpaired) electrons. The number of nitrogens with zero attached hydrogens (tertiary/aromatic N) is 1. The van der Waals surface area contributed by atoms with Crippen LogP contribution in [-0.4, -0.2) is 52.6 Å². The van der Waals surface area contributed by atoms with E-state index in [1.54, 1.807) is 20.2 Å². The monoisotopic (exact) mass is 334 g/mol. The Morgan fingerprint density at radius 1 is 1.38 bits per heavy atom. The minimum absolute atomic E-state index is 0.418. The van der Waals surface area contributed by atoms with E-state index in [1.165, 1.54) is 15.6 Å². The number of thiophene rings is 1. The Kier molecular flexibility index (Phi) is 7.83. The molecule has 0 bridgehead atoms. The van der Waals surface area contributed by atoms with Crippen molar-refractivity contribution in [3.63, 3.8) is 0 Å². The first-order valence-electron chi connectivity index (χ1n) is 7.15. The largest absolute Gasteiger partial charge is 0.385 e. The zero-order valence-corrected chi connectivity index (χ0v) is 14.9. The summed E-state index contributed by atoms with van der Waals surface area (Å²) < 4.78 is 31.6. The van der Waals surface area contributed by atoms with E-state index in [0.717, 1.165) is 17.8 Å². The van der Waals surface area contributed by atoms with Crippen molar-refractivity contribution in [3.05, 3.63) is 17.0 Å². The molecule has 1 aromatic heterocycles. The van der Waals surface area contributed by atoms with Crippen molar-refractivity contribution in [2.75, 3.05) is 33.9 Å². The highest BCUT2D eigenvalue weighted by atomic mass is 32.2. The van der Waals surface area contributed by atoms with E-state index in [9.17, 15) is 8.42 Å². The molecule has 0 fully saturated rings. The maximum absolute atomic E-state index is 12.4. The van der Waals surface area contributed by atoms with Gasteiger partial charge in [-0.2, -0.15) is 0 Å². The molecule has 5 nitrogen and oxygen atoms in total. The van der Waals surface area contributed by atoms with Crippen molar-refractivity contribution >= 4 is 21.4 Å². The van der Waals surface area contributed by atoms with E-state index >= 15 is 0 Å². The average Bonchev–Trinajstić information content (AvgIpc) is 2.88. The first-order valence-corrected chi connectivity index (χ1v) is 9.41. The smallest absolute Gasteiger partial charge is 0.252 e. The Labute approximate surface area is 132 Å². The normalized spacial score (nSPS) is 12.5. The topological polar surface area (TPSA) is 58.6 Å². The van der Waals surface area contributed by atoms with Crippen LogP contribution in [0.5, 0.6) is 0 Å². The van der Waals surface area contributed by atoms with Gasteiger partial charge < -0.3 is 10.1 Å². The third-order valence-electron chi connectivity index (χ3n) is 3.05. The van der Waals surface area contributed by atoms with Crippen LogP contribution in [0.25, 0.3) is 0 Å². The molecule has 122 valence electrons. The predicted molar refractivity (Wildman–Crippen MR) is 87.5 cm³/mol. The van der Waals surface area contributed by atoms with Gasteiger partial charge in [-0.1, -0.05) is 13.8 Å². The maximum Gasteiger partial charge on any atom is 0.252 e. The summed E-state index contributed by atoms with van der Waals surface area (Å²) in [5.74, 6) is 0. The van der Waals surface area contributed by atoms with Crippen LogP contribution in [0.4, 0.5) is 0 Å². The molecule has 1 aromatic rings. The number of ether oxygens (including phenoxy) is 1. The molecule has 21 heavy (non-hydrogen) atoms. The molecular weight excluding hydrogens is 308 g/mol. The van der Waals surface area contributed by atoms with Crippen molar-refractivity contribution in [1.82, 2.24) is 9.62 Å². The molecule has 0 aliphatic heterocycles. The summed E-state index contributed by atoms with van der Waals surface area (Å²) in [6, 6.07) is 4.06. The van der Waals surface area contributed by atoms with E-state index in [4.69, 9.17) is 4.74 Å². The van der Waals surface area contributed by atoms with Crippen LogP contribution in [-0.2, 0) is 21.2 Å². The van der Waals surface area contributed by atoms with Gasteiger partial charge in [0.2, 0.25) is 0 Å². The van der Waals surface area contributed by atoms with Gasteiger partial charge in [-0.25, -0.2) is 12.7 Å². The third kappa shape index (κ3) is 6.04. The highest BCUT2D eigenvalue weighted by molar-refractivity contribution is 7.91. The van der Waals surface area contributed by atoms with E-state index in [2.05, 4.69) is 19.2 Å². The summed E-state index contributed by atoms with van der Waals surface area (Å²) in [5.41, 5.74) is 0. The Hall–Kier alpha value is -0.470. The molecule has 0 aliphatic rings. The van der Waals surface area contributed by atoms with Gasteiger partial charge in [0.1, 0.15) is 4.21 Å². The quantitative estimate of drug-likeness (QED) is 0.665. The molecule has 0 amide bonds. The molecule has 0 aromatic carbocycles. The Balaban J connectivity index is 2.61. The van der Waals surface area contributed by atoms with E-state index in [1.807, 2.05) is 6.07 Å². The highest BCUT2D eigenvalue weighted by Gasteiger charge is 2.22. The van der Waals surface area contributed by atoms with E-state index < -0.39 is 10.0 Å². The van der Waals surface area contributed by atoms with Gasteiger partial charge >= 0.3 is 0 Å². The van der Waals surface area contributed by atoms with Gasteiger partial charge in [0, 0.05) is 44.8 Å². The first kappa shape index (κ1) is 18.6. The molecule has 0 unspecified atom stereocenters.